The molecular weight excluding hydrogens is 282 g/mol. The van der Waals surface area contributed by atoms with Crippen molar-refractivity contribution in [3.63, 3.8) is 0 Å². The molecule has 118 valence electrons. The van der Waals surface area contributed by atoms with Crippen LogP contribution in [-0.2, 0) is 18.4 Å². The molecule has 1 N–H and O–H groups in total. The van der Waals surface area contributed by atoms with Gasteiger partial charge in [0.1, 0.15) is 0 Å². The fourth-order valence-electron chi connectivity index (χ4n) is 3.15. The molecule has 1 unspecified atom stereocenters. The first-order chi connectivity index (χ1) is 10.6. The lowest BCUT2D eigenvalue weighted by Crippen LogP contribution is -2.41. The van der Waals surface area contributed by atoms with Gasteiger partial charge in [0.2, 0.25) is 5.91 Å². The number of aromatic nitrogens is 1. The Labute approximate surface area is 128 Å². The number of likely N-dealkylation sites (tertiary alicyclic amines) is 1. The van der Waals surface area contributed by atoms with Gasteiger partial charge in [-0.25, -0.2) is 4.79 Å². The molecule has 0 bridgehead atoms. The zero-order valence-corrected chi connectivity index (χ0v) is 13.0. The van der Waals surface area contributed by atoms with Crippen molar-refractivity contribution in [3.05, 3.63) is 34.3 Å². The summed E-state index contributed by atoms with van der Waals surface area (Å²) in [6.07, 6.45) is 1.98. The Morgan fingerprint density at radius 3 is 3.05 bits per heavy atom. The van der Waals surface area contributed by atoms with Crippen molar-refractivity contribution in [2.45, 2.75) is 19.4 Å². The standard InChI is InChI=1S/C16H21N3O3/c1-17-15(20)12-4-3-7-19(10-12)9-11-5-6-13-14(8-11)22-16(21)18(13)2/h5-6,8,12H,3-4,7,9-10H2,1-2H3,(H,17,20). The van der Waals surface area contributed by atoms with Crippen LogP contribution in [0.4, 0.5) is 0 Å². The monoisotopic (exact) mass is 303 g/mol. The molecule has 1 aliphatic heterocycles. The summed E-state index contributed by atoms with van der Waals surface area (Å²) in [7, 11) is 3.39. The van der Waals surface area contributed by atoms with Crippen molar-refractivity contribution >= 4 is 17.0 Å². The van der Waals surface area contributed by atoms with Crippen molar-refractivity contribution in [2.24, 2.45) is 13.0 Å². The predicted octanol–water partition coefficient (Wildman–Crippen LogP) is 1.09. The molecule has 1 saturated heterocycles. The Balaban J connectivity index is 1.75. The second kappa shape index (κ2) is 5.96. The van der Waals surface area contributed by atoms with Crippen LogP contribution in [0.2, 0.25) is 0 Å². The van der Waals surface area contributed by atoms with Crippen LogP contribution in [0.25, 0.3) is 11.1 Å². The Kier molecular flexibility index (Phi) is 4.02. The van der Waals surface area contributed by atoms with Gasteiger partial charge in [-0.2, -0.15) is 0 Å². The summed E-state index contributed by atoms with van der Waals surface area (Å²) >= 11 is 0. The predicted molar refractivity (Wildman–Crippen MR) is 83.5 cm³/mol. The SMILES string of the molecule is CNC(=O)C1CCCN(Cc2ccc3c(c2)oc(=O)n3C)C1. The highest BCUT2D eigenvalue weighted by Crippen LogP contribution is 2.20. The van der Waals surface area contributed by atoms with Gasteiger partial charge >= 0.3 is 5.76 Å². The van der Waals surface area contributed by atoms with E-state index in [0.29, 0.717) is 5.58 Å². The number of rotatable bonds is 3. The maximum Gasteiger partial charge on any atom is 0.419 e. The molecule has 2 heterocycles. The lowest BCUT2D eigenvalue weighted by Gasteiger charge is -2.31. The normalized spacial score (nSPS) is 19.5. The van der Waals surface area contributed by atoms with Gasteiger partial charge in [0.25, 0.3) is 0 Å². The third-order valence-corrected chi connectivity index (χ3v) is 4.39. The van der Waals surface area contributed by atoms with E-state index >= 15 is 0 Å². The first kappa shape index (κ1) is 14.8. The lowest BCUT2D eigenvalue weighted by molar-refractivity contribution is -0.126. The number of fused-ring (bicyclic) bond motifs is 1. The number of oxazole rings is 1. The molecule has 22 heavy (non-hydrogen) atoms. The van der Waals surface area contributed by atoms with Crippen LogP contribution in [0.5, 0.6) is 0 Å². The number of nitrogens with one attached hydrogen (secondary N) is 1. The quantitative estimate of drug-likeness (QED) is 0.921. The third kappa shape index (κ3) is 2.78. The number of amides is 1. The Morgan fingerprint density at radius 2 is 2.27 bits per heavy atom. The zero-order valence-electron chi connectivity index (χ0n) is 13.0. The van der Waals surface area contributed by atoms with Gasteiger partial charge in [0, 0.05) is 27.2 Å². The van der Waals surface area contributed by atoms with E-state index in [2.05, 4.69) is 10.2 Å². The van der Waals surface area contributed by atoms with Crippen molar-refractivity contribution in [1.82, 2.24) is 14.8 Å². The Bertz CT molecular complexity index is 747. The molecule has 6 heteroatoms. The largest absolute Gasteiger partial charge is 0.419 e. The minimum absolute atomic E-state index is 0.0668. The van der Waals surface area contributed by atoms with Crippen molar-refractivity contribution in [2.75, 3.05) is 20.1 Å². The number of hydrogen-bond acceptors (Lipinski definition) is 4. The number of carbonyl (C=O) groups is 1. The number of benzene rings is 1. The molecule has 1 aliphatic rings. The number of piperidine rings is 1. The van der Waals surface area contributed by atoms with E-state index < -0.39 is 0 Å². The molecule has 1 atom stereocenters. The summed E-state index contributed by atoms with van der Waals surface area (Å²) < 4.78 is 6.73. The van der Waals surface area contributed by atoms with Gasteiger partial charge < -0.3 is 9.73 Å². The number of nitrogens with zero attached hydrogens (tertiary/aromatic N) is 2. The van der Waals surface area contributed by atoms with Gasteiger partial charge in [-0.1, -0.05) is 6.07 Å². The number of aryl methyl sites for hydroxylation is 1. The second-order valence-electron chi connectivity index (χ2n) is 5.92. The summed E-state index contributed by atoms with van der Waals surface area (Å²) in [5.74, 6) is -0.156. The molecule has 1 aromatic heterocycles. The molecular formula is C16H21N3O3. The smallest absolute Gasteiger partial charge is 0.408 e. The maximum atomic E-state index is 11.8. The van der Waals surface area contributed by atoms with Crippen LogP contribution < -0.4 is 11.1 Å². The van der Waals surface area contributed by atoms with Gasteiger partial charge in [0.05, 0.1) is 11.4 Å². The minimum Gasteiger partial charge on any atom is -0.408 e. The molecule has 0 aliphatic carbocycles. The third-order valence-electron chi connectivity index (χ3n) is 4.39. The summed E-state index contributed by atoms with van der Waals surface area (Å²) in [6, 6.07) is 5.84. The summed E-state index contributed by atoms with van der Waals surface area (Å²) in [6.45, 7) is 2.53. The van der Waals surface area contributed by atoms with E-state index in [1.54, 1.807) is 14.1 Å². The fraction of sp³-hybridized carbons (Fsp3) is 0.500. The minimum atomic E-state index is -0.343. The molecule has 2 aromatic rings. The molecule has 0 radical (unpaired) electrons. The van der Waals surface area contributed by atoms with Crippen LogP contribution >= 0.6 is 0 Å². The van der Waals surface area contributed by atoms with Crippen LogP contribution in [0.1, 0.15) is 18.4 Å². The molecule has 1 amide bonds. The number of hydrogen-bond donors (Lipinski definition) is 1. The van der Waals surface area contributed by atoms with Gasteiger partial charge in [-0.15, -0.1) is 0 Å². The summed E-state index contributed by atoms with van der Waals surface area (Å²) in [5.41, 5.74) is 2.51. The highest BCUT2D eigenvalue weighted by atomic mass is 16.4. The van der Waals surface area contributed by atoms with E-state index in [1.807, 2.05) is 18.2 Å². The Hall–Kier alpha value is -2.08. The molecule has 1 fully saturated rings. The fourth-order valence-corrected chi connectivity index (χ4v) is 3.15. The van der Waals surface area contributed by atoms with Crippen molar-refractivity contribution in [1.29, 1.82) is 0 Å². The number of carbonyl (C=O) groups excluding carboxylic acids is 1. The average Bonchev–Trinajstić information content (AvgIpc) is 2.81. The van der Waals surface area contributed by atoms with Crippen molar-refractivity contribution in [3.8, 4) is 0 Å². The molecule has 3 rings (SSSR count). The maximum absolute atomic E-state index is 11.8. The van der Waals surface area contributed by atoms with Gasteiger partial charge in [-0.3, -0.25) is 14.3 Å². The van der Waals surface area contributed by atoms with E-state index in [-0.39, 0.29) is 17.6 Å². The van der Waals surface area contributed by atoms with Crippen LogP contribution in [0.15, 0.2) is 27.4 Å². The van der Waals surface area contributed by atoms with Crippen molar-refractivity contribution < 1.29 is 9.21 Å². The molecule has 0 saturated carbocycles. The van der Waals surface area contributed by atoms with E-state index in [1.165, 1.54) is 4.57 Å². The highest BCUT2D eigenvalue weighted by Gasteiger charge is 2.25. The highest BCUT2D eigenvalue weighted by molar-refractivity contribution is 5.78. The van der Waals surface area contributed by atoms with E-state index in [0.717, 1.165) is 43.6 Å². The topological polar surface area (TPSA) is 67.5 Å². The zero-order chi connectivity index (χ0) is 15.7. The van der Waals surface area contributed by atoms with Crippen LogP contribution in [0.3, 0.4) is 0 Å². The molecule has 0 spiro atoms. The van der Waals surface area contributed by atoms with E-state index in [9.17, 15) is 9.59 Å². The van der Waals surface area contributed by atoms with E-state index in [4.69, 9.17) is 4.42 Å². The second-order valence-corrected chi connectivity index (χ2v) is 5.92. The molecule has 6 nitrogen and oxygen atoms in total. The summed E-state index contributed by atoms with van der Waals surface area (Å²) in [5, 5.41) is 2.73. The van der Waals surface area contributed by atoms with Gasteiger partial charge in [-0.05, 0) is 37.1 Å². The summed E-state index contributed by atoms with van der Waals surface area (Å²) in [4.78, 5) is 25.6. The van der Waals surface area contributed by atoms with Crippen LogP contribution in [-0.4, -0.2) is 35.5 Å². The Morgan fingerprint density at radius 1 is 1.45 bits per heavy atom. The first-order valence-electron chi connectivity index (χ1n) is 7.61. The van der Waals surface area contributed by atoms with Gasteiger partial charge in [0.15, 0.2) is 5.58 Å². The first-order valence-corrected chi connectivity index (χ1v) is 7.61. The molecule has 1 aromatic carbocycles. The average molecular weight is 303 g/mol. The lowest BCUT2D eigenvalue weighted by atomic mass is 9.97. The van der Waals surface area contributed by atoms with Crippen LogP contribution in [0, 0.1) is 5.92 Å².